The molecule has 0 atom stereocenters. The van der Waals surface area contributed by atoms with Gasteiger partial charge >= 0.3 is 0 Å². The lowest BCUT2D eigenvalue weighted by atomic mass is 10.1. The number of oxazole rings is 1. The molecular formula is C22H14Cl3N3O3. The number of anilines is 1. The highest BCUT2D eigenvalue weighted by atomic mass is 35.5. The number of carbonyl (C=O) groups excluding carboxylic acids is 1. The molecule has 0 aliphatic carbocycles. The zero-order valence-electron chi connectivity index (χ0n) is 16.0. The van der Waals surface area contributed by atoms with Gasteiger partial charge in [0.25, 0.3) is 0 Å². The number of nitrogens with one attached hydrogen (secondary N) is 1. The van der Waals surface area contributed by atoms with Gasteiger partial charge in [0.2, 0.25) is 11.8 Å². The van der Waals surface area contributed by atoms with Crippen LogP contribution in [0.5, 0.6) is 5.75 Å². The standard InChI is InChI=1S/C22H14Cl3N3O3/c1-30-20-12(9-13(23)10-17(20)25)4-7-19(29)27-14-5-6-16(24)15(11-14)22-28-21-18(31-22)3-2-8-26-21/h2-11H,1H3,(H,27,29). The molecule has 4 aromatic rings. The maximum absolute atomic E-state index is 12.4. The minimum atomic E-state index is -0.370. The van der Waals surface area contributed by atoms with E-state index in [1.165, 1.54) is 13.2 Å². The Labute approximate surface area is 192 Å². The van der Waals surface area contributed by atoms with Gasteiger partial charge in [-0.15, -0.1) is 0 Å². The Morgan fingerprint density at radius 2 is 1.97 bits per heavy atom. The van der Waals surface area contributed by atoms with Crippen LogP contribution in [0, 0.1) is 0 Å². The second kappa shape index (κ2) is 8.98. The number of nitrogens with zero attached hydrogens (tertiary/aromatic N) is 2. The fourth-order valence-electron chi connectivity index (χ4n) is 2.92. The first-order valence-corrected chi connectivity index (χ1v) is 10.1. The fourth-order valence-corrected chi connectivity index (χ4v) is 3.70. The van der Waals surface area contributed by atoms with Crippen LogP contribution in [0.15, 0.2) is 59.2 Å². The summed E-state index contributed by atoms with van der Waals surface area (Å²) in [4.78, 5) is 20.9. The van der Waals surface area contributed by atoms with Gasteiger partial charge in [0.05, 0.1) is 22.7 Å². The van der Waals surface area contributed by atoms with Gasteiger partial charge in [0.15, 0.2) is 11.2 Å². The van der Waals surface area contributed by atoms with E-state index >= 15 is 0 Å². The van der Waals surface area contributed by atoms with Crippen molar-refractivity contribution in [3.05, 3.63) is 75.4 Å². The van der Waals surface area contributed by atoms with E-state index in [2.05, 4.69) is 15.3 Å². The summed E-state index contributed by atoms with van der Waals surface area (Å²) in [5, 5.41) is 3.99. The zero-order chi connectivity index (χ0) is 22.0. The van der Waals surface area contributed by atoms with Gasteiger partial charge in [0.1, 0.15) is 5.75 Å². The van der Waals surface area contributed by atoms with Gasteiger partial charge in [-0.3, -0.25) is 4.79 Å². The average molecular weight is 475 g/mol. The molecule has 0 fully saturated rings. The highest BCUT2D eigenvalue weighted by Gasteiger charge is 2.14. The third-order valence-corrected chi connectivity index (χ3v) is 5.11. The van der Waals surface area contributed by atoms with Crippen molar-refractivity contribution in [1.82, 2.24) is 9.97 Å². The van der Waals surface area contributed by atoms with Crippen LogP contribution in [-0.2, 0) is 4.79 Å². The number of hydrogen-bond donors (Lipinski definition) is 1. The molecule has 2 aromatic heterocycles. The van der Waals surface area contributed by atoms with Crippen molar-refractivity contribution in [2.75, 3.05) is 12.4 Å². The second-order valence-corrected chi connectivity index (χ2v) is 7.62. The summed E-state index contributed by atoms with van der Waals surface area (Å²) in [6.07, 6.45) is 4.54. The molecule has 2 aromatic carbocycles. The lowest BCUT2D eigenvalue weighted by Gasteiger charge is -2.08. The number of pyridine rings is 1. The molecule has 0 bridgehead atoms. The Morgan fingerprint density at radius 3 is 2.74 bits per heavy atom. The number of benzene rings is 2. The molecule has 31 heavy (non-hydrogen) atoms. The van der Waals surface area contributed by atoms with Gasteiger partial charge in [-0.2, -0.15) is 4.98 Å². The summed E-state index contributed by atoms with van der Waals surface area (Å²) >= 11 is 18.5. The Hall–Kier alpha value is -3.06. The van der Waals surface area contributed by atoms with Crippen molar-refractivity contribution in [3.63, 3.8) is 0 Å². The Bertz CT molecular complexity index is 1290. The molecule has 9 heteroatoms. The van der Waals surface area contributed by atoms with E-state index in [1.807, 2.05) is 0 Å². The van der Waals surface area contributed by atoms with Crippen LogP contribution in [0.2, 0.25) is 15.1 Å². The molecule has 0 spiro atoms. The number of rotatable bonds is 5. The number of halogens is 3. The van der Waals surface area contributed by atoms with Gasteiger partial charge in [-0.05, 0) is 48.5 Å². The molecular weight excluding hydrogens is 461 g/mol. The first kappa shape index (κ1) is 21.2. The molecule has 0 unspecified atom stereocenters. The summed E-state index contributed by atoms with van der Waals surface area (Å²) in [6, 6.07) is 11.7. The normalized spacial score (nSPS) is 11.2. The van der Waals surface area contributed by atoms with Gasteiger partial charge in [-0.1, -0.05) is 34.8 Å². The van der Waals surface area contributed by atoms with Gasteiger partial charge in [0, 0.05) is 28.5 Å². The molecule has 0 saturated heterocycles. The molecule has 2 heterocycles. The van der Waals surface area contributed by atoms with Gasteiger partial charge < -0.3 is 14.5 Å². The molecule has 1 N–H and O–H groups in total. The lowest BCUT2D eigenvalue weighted by Crippen LogP contribution is -2.07. The van der Waals surface area contributed by atoms with E-state index in [1.54, 1.807) is 54.7 Å². The van der Waals surface area contributed by atoms with Crippen LogP contribution in [-0.4, -0.2) is 23.0 Å². The van der Waals surface area contributed by atoms with E-state index in [0.717, 1.165) is 0 Å². The molecule has 1 amide bonds. The predicted molar refractivity (Wildman–Crippen MR) is 123 cm³/mol. The van der Waals surface area contributed by atoms with E-state index in [0.29, 0.717) is 54.8 Å². The third kappa shape index (κ3) is 4.66. The number of fused-ring (bicyclic) bond motifs is 1. The topological polar surface area (TPSA) is 77.2 Å². The average Bonchev–Trinajstić information content (AvgIpc) is 3.17. The van der Waals surface area contributed by atoms with Crippen molar-refractivity contribution in [3.8, 4) is 17.2 Å². The summed E-state index contributed by atoms with van der Waals surface area (Å²) < 4.78 is 11.0. The van der Waals surface area contributed by atoms with Crippen LogP contribution >= 0.6 is 34.8 Å². The molecule has 156 valence electrons. The maximum Gasteiger partial charge on any atom is 0.248 e. The summed E-state index contributed by atoms with van der Waals surface area (Å²) in [6.45, 7) is 0. The number of aromatic nitrogens is 2. The van der Waals surface area contributed by atoms with Gasteiger partial charge in [-0.25, -0.2) is 4.98 Å². The molecule has 0 aliphatic rings. The quantitative estimate of drug-likeness (QED) is 0.334. The largest absolute Gasteiger partial charge is 0.495 e. The summed E-state index contributed by atoms with van der Waals surface area (Å²) in [5.41, 5.74) is 2.64. The van der Waals surface area contributed by atoms with Crippen molar-refractivity contribution < 1.29 is 13.9 Å². The number of hydrogen-bond acceptors (Lipinski definition) is 5. The second-order valence-electron chi connectivity index (χ2n) is 6.37. The SMILES string of the molecule is COc1c(Cl)cc(Cl)cc1C=CC(=O)Nc1ccc(Cl)c(-c2nc3ncccc3o2)c1. The number of amides is 1. The van der Waals surface area contributed by atoms with Crippen LogP contribution in [0.25, 0.3) is 28.8 Å². The summed E-state index contributed by atoms with van der Waals surface area (Å²) in [5.74, 6) is 0.364. The highest BCUT2D eigenvalue weighted by Crippen LogP contribution is 2.34. The van der Waals surface area contributed by atoms with E-state index in [9.17, 15) is 4.79 Å². The lowest BCUT2D eigenvalue weighted by molar-refractivity contribution is -0.111. The Morgan fingerprint density at radius 1 is 1.13 bits per heavy atom. The molecule has 4 rings (SSSR count). The first-order valence-electron chi connectivity index (χ1n) is 8.98. The van der Waals surface area contributed by atoms with Crippen LogP contribution in [0.1, 0.15) is 5.56 Å². The minimum absolute atomic E-state index is 0.309. The van der Waals surface area contributed by atoms with Crippen LogP contribution in [0.3, 0.4) is 0 Å². The van der Waals surface area contributed by atoms with Crippen LogP contribution in [0.4, 0.5) is 5.69 Å². The summed E-state index contributed by atoms with van der Waals surface area (Å²) in [7, 11) is 1.49. The fraction of sp³-hybridized carbons (Fsp3) is 0.0455. The van der Waals surface area contributed by atoms with Crippen LogP contribution < -0.4 is 10.1 Å². The van der Waals surface area contributed by atoms with Crippen molar-refractivity contribution in [1.29, 1.82) is 0 Å². The molecule has 0 saturated carbocycles. The number of ether oxygens (including phenoxy) is 1. The smallest absolute Gasteiger partial charge is 0.248 e. The van der Waals surface area contributed by atoms with Crippen molar-refractivity contribution >= 4 is 63.7 Å². The Kier molecular flexibility index (Phi) is 6.13. The number of methoxy groups -OCH3 is 1. The molecule has 6 nitrogen and oxygen atoms in total. The van der Waals surface area contributed by atoms with E-state index in [-0.39, 0.29) is 5.91 Å². The van der Waals surface area contributed by atoms with Crippen molar-refractivity contribution in [2.24, 2.45) is 0 Å². The predicted octanol–water partition coefficient (Wildman–Crippen LogP) is 6.51. The molecule has 0 aliphatic heterocycles. The van der Waals surface area contributed by atoms with E-state index in [4.69, 9.17) is 44.0 Å². The third-order valence-electron chi connectivity index (χ3n) is 4.28. The monoisotopic (exact) mass is 473 g/mol. The van der Waals surface area contributed by atoms with E-state index < -0.39 is 0 Å². The number of carbonyl (C=O) groups is 1. The Balaban J connectivity index is 1.57. The minimum Gasteiger partial charge on any atom is -0.495 e. The van der Waals surface area contributed by atoms with Crippen molar-refractivity contribution in [2.45, 2.75) is 0 Å². The maximum atomic E-state index is 12.4. The zero-order valence-corrected chi connectivity index (χ0v) is 18.3. The first-order chi connectivity index (χ1) is 14.9. The highest BCUT2D eigenvalue weighted by molar-refractivity contribution is 6.36. The molecule has 0 radical (unpaired) electrons.